The molecule has 1 aromatic rings. The fourth-order valence-electron chi connectivity index (χ4n) is 3.01. The van der Waals surface area contributed by atoms with Crippen molar-refractivity contribution in [2.45, 2.75) is 44.4 Å². The summed E-state index contributed by atoms with van der Waals surface area (Å²) in [4.78, 5) is 24.6. The van der Waals surface area contributed by atoms with E-state index in [1.54, 1.807) is 6.07 Å². The SMILES string of the molecule is CC(=O)NC1CCC(C(F)(F)F)N(C(=O)c2cccc(CC#N)c2)C1. The van der Waals surface area contributed by atoms with Gasteiger partial charge < -0.3 is 10.2 Å². The lowest BCUT2D eigenvalue weighted by atomic mass is 9.96. The van der Waals surface area contributed by atoms with Gasteiger partial charge in [-0.3, -0.25) is 9.59 Å². The number of hydrogen-bond donors (Lipinski definition) is 1. The highest BCUT2D eigenvalue weighted by molar-refractivity contribution is 5.94. The molecule has 8 heteroatoms. The van der Waals surface area contributed by atoms with Gasteiger partial charge in [0.15, 0.2) is 0 Å². The van der Waals surface area contributed by atoms with Gasteiger partial charge in [0.05, 0.1) is 12.5 Å². The summed E-state index contributed by atoms with van der Waals surface area (Å²) in [6.45, 7) is 1.08. The molecule has 0 aromatic heterocycles. The molecule has 0 aliphatic carbocycles. The van der Waals surface area contributed by atoms with E-state index in [9.17, 15) is 22.8 Å². The van der Waals surface area contributed by atoms with Crippen LogP contribution in [0.5, 0.6) is 0 Å². The van der Waals surface area contributed by atoms with E-state index in [1.807, 2.05) is 6.07 Å². The van der Waals surface area contributed by atoms with Crippen molar-refractivity contribution in [1.29, 1.82) is 5.26 Å². The molecule has 1 aromatic carbocycles. The lowest BCUT2D eigenvalue weighted by molar-refractivity contribution is -0.184. The Hall–Kier alpha value is -2.56. The van der Waals surface area contributed by atoms with Gasteiger partial charge >= 0.3 is 6.18 Å². The van der Waals surface area contributed by atoms with Crippen LogP contribution in [-0.4, -0.2) is 41.5 Å². The first-order chi connectivity index (χ1) is 11.7. The molecular formula is C17H18F3N3O2. The van der Waals surface area contributed by atoms with Crippen LogP contribution in [0.1, 0.15) is 35.7 Å². The number of likely N-dealkylation sites (tertiary alicyclic amines) is 1. The van der Waals surface area contributed by atoms with Crippen molar-refractivity contribution in [2.75, 3.05) is 6.54 Å². The third kappa shape index (κ3) is 4.72. The van der Waals surface area contributed by atoms with Crippen LogP contribution in [0.2, 0.25) is 0 Å². The van der Waals surface area contributed by atoms with Crippen molar-refractivity contribution in [2.24, 2.45) is 0 Å². The molecule has 2 rings (SSSR count). The van der Waals surface area contributed by atoms with Crippen LogP contribution >= 0.6 is 0 Å². The molecule has 134 valence electrons. The lowest BCUT2D eigenvalue weighted by Gasteiger charge is -2.40. The Morgan fingerprint density at radius 2 is 2.08 bits per heavy atom. The smallest absolute Gasteiger partial charge is 0.352 e. The minimum Gasteiger partial charge on any atom is -0.352 e. The number of benzene rings is 1. The molecule has 2 unspecified atom stereocenters. The predicted octanol–water partition coefficient (Wildman–Crippen LogP) is 2.42. The number of hydrogen-bond acceptors (Lipinski definition) is 3. The first kappa shape index (κ1) is 18.8. The minimum absolute atomic E-state index is 0.0678. The third-order valence-electron chi connectivity index (χ3n) is 4.09. The predicted molar refractivity (Wildman–Crippen MR) is 83.5 cm³/mol. The van der Waals surface area contributed by atoms with Crippen LogP contribution in [0.3, 0.4) is 0 Å². The molecule has 1 N–H and O–H groups in total. The molecule has 1 aliphatic rings. The lowest BCUT2D eigenvalue weighted by Crippen LogP contribution is -2.58. The quantitative estimate of drug-likeness (QED) is 0.907. The van der Waals surface area contributed by atoms with Gasteiger partial charge in [0, 0.05) is 25.1 Å². The Balaban J connectivity index is 2.28. The Kier molecular flexibility index (Phi) is 5.67. The Labute approximate surface area is 143 Å². The van der Waals surface area contributed by atoms with Crippen molar-refractivity contribution in [3.05, 3.63) is 35.4 Å². The van der Waals surface area contributed by atoms with Crippen LogP contribution in [0.4, 0.5) is 13.2 Å². The van der Waals surface area contributed by atoms with E-state index >= 15 is 0 Å². The third-order valence-corrected chi connectivity index (χ3v) is 4.09. The van der Waals surface area contributed by atoms with Crippen LogP contribution in [0.15, 0.2) is 24.3 Å². The number of alkyl halides is 3. The standard InChI is InChI=1S/C17H18F3N3O2/c1-11(24)22-14-5-6-15(17(18,19)20)23(10-14)16(25)13-4-2-3-12(9-13)7-8-21/h2-4,9,14-15H,5-7,10H2,1H3,(H,22,24). The second-order valence-electron chi connectivity index (χ2n) is 6.02. The van der Waals surface area contributed by atoms with Gasteiger partial charge in [-0.15, -0.1) is 0 Å². The zero-order valence-corrected chi connectivity index (χ0v) is 13.6. The van der Waals surface area contributed by atoms with Gasteiger partial charge in [0.2, 0.25) is 5.91 Å². The topological polar surface area (TPSA) is 73.2 Å². The van der Waals surface area contributed by atoms with Gasteiger partial charge in [0.25, 0.3) is 5.91 Å². The summed E-state index contributed by atoms with van der Waals surface area (Å²) >= 11 is 0. The monoisotopic (exact) mass is 353 g/mol. The van der Waals surface area contributed by atoms with E-state index in [2.05, 4.69) is 5.32 Å². The number of nitrogens with one attached hydrogen (secondary N) is 1. The first-order valence-electron chi connectivity index (χ1n) is 7.83. The molecule has 2 atom stereocenters. The van der Waals surface area contributed by atoms with E-state index in [0.29, 0.717) is 5.56 Å². The van der Waals surface area contributed by atoms with Gasteiger partial charge in [-0.25, -0.2) is 0 Å². The molecule has 1 fully saturated rings. The number of amides is 2. The fraction of sp³-hybridized carbons (Fsp3) is 0.471. The van der Waals surface area contributed by atoms with E-state index in [4.69, 9.17) is 5.26 Å². The van der Waals surface area contributed by atoms with E-state index < -0.39 is 24.2 Å². The maximum Gasteiger partial charge on any atom is 0.408 e. The van der Waals surface area contributed by atoms with E-state index in [0.717, 1.165) is 4.90 Å². The van der Waals surface area contributed by atoms with Gasteiger partial charge in [-0.1, -0.05) is 12.1 Å². The Bertz CT molecular complexity index is 697. The van der Waals surface area contributed by atoms with Crippen molar-refractivity contribution in [3.8, 4) is 6.07 Å². The minimum atomic E-state index is -4.54. The summed E-state index contributed by atoms with van der Waals surface area (Å²) in [5.74, 6) is -1.10. The summed E-state index contributed by atoms with van der Waals surface area (Å²) in [7, 11) is 0. The number of carbonyl (C=O) groups is 2. The van der Waals surface area contributed by atoms with Crippen molar-refractivity contribution in [3.63, 3.8) is 0 Å². The molecule has 2 amide bonds. The largest absolute Gasteiger partial charge is 0.408 e. The van der Waals surface area contributed by atoms with Crippen molar-refractivity contribution >= 4 is 11.8 Å². The summed E-state index contributed by atoms with van der Waals surface area (Å²) in [5, 5.41) is 11.3. The Morgan fingerprint density at radius 3 is 2.68 bits per heavy atom. The Morgan fingerprint density at radius 1 is 1.36 bits per heavy atom. The number of piperidine rings is 1. The molecular weight excluding hydrogens is 335 g/mol. The molecule has 5 nitrogen and oxygen atoms in total. The van der Waals surface area contributed by atoms with Crippen LogP contribution < -0.4 is 5.32 Å². The normalized spacial score (nSPS) is 20.7. The zero-order chi connectivity index (χ0) is 18.6. The van der Waals surface area contributed by atoms with E-state index in [-0.39, 0.29) is 37.3 Å². The van der Waals surface area contributed by atoms with Gasteiger partial charge in [-0.2, -0.15) is 18.4 Å². The van der Waals surface area contributed by atoms with Crippen molar-refractivity contribution in [1.82, 2.24) is 10.2 Å². The second-order valence-corrected chi connectivity index (χ2v) is 6.02. The maximum absolute atomic E-state index is 13.3. The average Bonchev–Trinajstić information content (AvgIpc) is 2.53. The number of carbonyl (C=O) groups excluding carboxylic acids is 2. The van der Waals surface area contributed by atoms with Gasteiger partial charge in [0.1, 0.15) is 6.04 Å². The molecule has 1 aliphatic heterocycles. The average molecular weight is 353 g/mol. The summed E-state index contributed by atoms with van der Waals surface area (Å²) in [5.41, 5.74) is 0.665. The molecule has 0 radical (unpaired) electrons. The highest BCUT2D eigenvalue weighted by atomic mass is 19.4. The summed E-state index contributed by atoms with van der Waals surface area (Å²) < 4.78 is 40.0. The first-order valence-corrected chi connectivity index (χ1v) is 7.83. The van der Waals surface area contributed by atoms with Crippen LogP contribution in [0, 0.1) is 11.3 Å². The molecule has 0 bridgehead atoms. The van der Waals surface area contributed by atoms with Crippen LogP contribution in [-0.2, 0) is 11.2 Å². The number of nitriles is 1. The summed E-state index contributed by atoms with van der Waals surface area (Å²) in [6.07, 6.45) is -4.58. The molecule has 0 saturated carbocycles. The molecule has 0 spiro atoms. The van der Waals surface area contributed by atoms with Gasteiger partial charge in [-0.05, 0) is 30.5 Å². The second kappa shape index (κ2) is 7.55. The maximum atomic E-state index is 13.3. The molecule has 1 saturated heterocycles. The summed E-state index contributed by atoms with van der Waals surface area (Å²) in [6, 6.07) is 5.58. The number of halogens is 3. The highest BCUT2D eigenvalue weighted by Gasteiger charge is 2.48. The van der Waals surface area contributed by atoms with Crippen LogP contribution in [0.25, 0.3) is 0 Å². The molecule has 1 heterocycles. The highest BCUT2D eigenvalue weighted by Crippen LogP contribution is 2.33. The van der Waals surface area contributed by atoms with E-state index in [1.165, 1.54) is 25.1 Å². The number of nitrogens with zero attached hydrogens (tertiary/aromatic N) is 2. The zero-order valence-electron chi connectivity index (χ0n) is 13.6. The fourth-order valence-corrected chi connectivity index (χ4v) is 3.01. The van der Waals surface area contributed by atoms with Crippen molar-refractivity contribution < 1.29 is 22.8 Å². The molecule has 25 heavy (non-hydrogen) atoms. The number of rotatable bonds is 3.